The van der Waals surface area contributed by atoms with E-state index in [-0.39, 0.29) is 18.7 Å². The lowest BCUT2D eigenvalue weighted by Gasteiger charge is -2.25. The maximum Gasteiger partial charge on any atom is 0.425 e. The molecule has 86 valence electrons. The largest absolute Gasteiger partial charge is 0.464 e. The number of carbonyl (C=O) groups is 1. The van der Waals surface area contributed by atoms with Crippen molar-refractivity contribution < 1.29 is 27.8 Å². The fourth-order valence-electron chi connectivity index (χ4n) is 1.13. The summed E-state index contributed by atoms with van der Waals surface area (Å²) in [6.45, 7) is -0.107. The number of nitrogens with one attached hydrogen (secondary N) is 1. The van der Waals surface area contributed by atoms with Gasteiger partial charge in [-0.05, 0) is 0 Å². The molecule has 1 unspecified atom stereocenters. The Balaban J connectivity index is 2.56. The van der Waals surface area contributed by atoms with Crippen molar-refractivity contribution in [1.29, 1.82) is 0 Å². The van der Waals surface area contributed by atoms with Crippen molar-refractivity contribution in [3.63, 3.8) is 0 Å². The van der Waals surface area contributed by atoms with E-state index in [0.717, 1.165) is 0 Å². The summed E-state index contributed by atoms with van der Waals surface area (Å²) >= 11 is 0. The highest BCUT2D eigenvalue weighted by Gasteiger charge is 2.42. The van der Waals surface area contributed by atoms with Crippen LogP contribution in [0.5, 0.6) is 0 Å². The second-order valence-corrected chi connectivity index (χ2v) is 2.95. The van der Waals surface area contributed by atoms with Crippen LogP contribution in [0.4, 0.5) is 18.0 Å². The van der Waals surface area contributed by atoms with Crippen molar-refractivity contribution in [3.8, 4) is 0 Å². The molecule has 0 aliphatic carbocycles. The second kappa shape index (κ2) is 4.47. The van der Waals surface area contributed by atoms with Crippen molar-refractivity contribution in [1.82, 2.24) is 5.43 Å². The van der Waals surface area contributed by atoms with Gasteiger partial charge in [-0.25, -0.2) is 10.2 Å². The van der Waals surface area contributed by atoms with Crippen molar-refractivity contribution in [2.45, 2.75) is 25.1 Å². The Morgan fingerprint density at radius 1 is 1.60 bits per heavy atom. The van der Waals surface area contributed by atoms with Crippen molar-refractivity contribution >= 4 is 11.8 Å². The molecule has 0 aromatic rings. The maximum absolute atomic E-state index is 12.2. The average Bonchev–Trinajstić information content (AvgIpc) is 2.14. The molecule has 1 fully saturated rings. The van der Waals surface area contributed by atoms with Crippen LogP contribution < -0.4 is 5.43 Å². The van der Waals surface area contributed by atoms with Crippen LogP contribution in [-0.2, 0) is 4.74 Å². The molecule has 0 saturated carbocycles. The van der Waals surface area contributed by atoms with Crippen LogP contribution in [0.2, 0.25) is 0 Å². The summed E-state index contributed by atoms with van der Waals surface area (Å²) in [6.07, 6.45) is -7.96. The number of halogens is 3. The zero-order chi connectivity index (χ0) is 11.5. The Morgan fingerprint density at radius 2 is 2.27 bits per heavy atom. The number of hydrogen-bond donors (Lipinski definition) is 2. The first kappa shape index (κ1) is 11.8. The third kappa shape index (κ3) is 3.74. The summed E-state index contributed by atoms with van der Waals surface area (Å²) < 4.78 is 41.1. The van der Waals surface area contributed by atoms with E-state index in [1.807, 2.05) is 0 Å². The van der Waals surface area contributed by atoms with Gasteiger partial charge >= 0.3 is 12.3 Å². The van der Waals surface area contributed by atoms with Gasteiger partial charge in [0.15, 0.2) is 6.10 Å². The molecule has 1 atom stereocenters. The molecule has 8 heteroatoms. The maximum atomic E-state index is 12.2. The Labute approximate surface area is 82.9 Å². The van der Waals surface area contributed by atoms with E-state index in [4.69, 9.17) is 5.11 Å². The molecule has 0 aromatic heterocycles. The van der Waals surface area contributed by atoms with Crippen LogP contribution >= 0.6 is 0 Å². The highest BCUT2D eigenvalue weighted by molar-refractivity contribution is 5.86. The fraction of sp³-hybridized carbons (Fsp3) is 0.714. The zero-order valence-electron chi connectivity index (χ0n) is 7.54. The smallest absolute Gasteiger partial charge is 0.425 e. The molecule has 5 nitrogen and oxygen atoms in total. The molecule has 1 amide bonds. The molecule has 0 aromatic carbocycles. The Hall–Kier alpha value is -1.31. The lowest BCUT2D eigenvalue weighted by Crippen LogP contribution is -2.38. The number of amides is 1. The van der Waals surface area contributed by atoms with Crippen LogP contribution in [0.15, 0.2) is 5.10 Å². The third-order valence-electron chi connectivity index (χ3n) is 1.81. The molecular weight excluding hydrogens is 217 g/mol. The second-order valence-electron chi connectivity index (χ2n) is 2.95. The van der Waals surface area contributed by atoms with Gasteiger partial charge in [0, 0.05) is 18.6 Å². The first-order chi connectivity index (χ1) is 6.89. The SMILES string of the molecule is O=C(O)N/N=C1\CCOC(C(F)(F)F)C1. The summed E-state index contributed by atoms with van der Waals surface area (Å²) in [5, 5.41) is 11.5. The van der Waals surface area contributed by atoms with Gasteiger partial charge in [0.2, 0.25) is 0 Å². The van der Waals surface area contributed by atoms with E-state index in [2.05, 4.69) is 9.84 Å². The third-order valence-corrected chi connectivity index (χ3v) is 1.81. The standard InChI is InChI=1S/C7H9F3N2O3/c8-7(9,10)5-3-4(1-2-15-5)11-12-6(13)14/h5,12H,1-3H2,(H,13,14)/b11-4+. The molecule has 1 saturated heterocycles. The van der Waals surface area contributed by atoms with Gasteiger partial charge in [-0.3, -0.25) is 0 Å². The first-order valence-electron chi connectivity index (χ1n) is 4.12. The monoisotopic (exact) mass is 226 g/mol. The highest BCUT2D eigenvalue weighted by Crippen LogP contribution is 2.28. The minimum Gasteiger partial charge on any atom is -0.464 e. The number of ether oxygens (including phenoxy) is 1. The summed E-state index contributed by atoms with van der Waals surface area (Å²) in [5.74, 6) is 0. The summed E-state index contributed by atoms with van der Waals surface area (Å²) in [6, 6.07) is 0. The molecule has 2 N–H and O–H groups in total. The van der Waals surface area contributed by atoms with Gasteiger partial charge in [-0.1, -0.05) is 0 Å². The van der Waals surface area contributed by atoms with Gasteiger partial charge in [-0.2, -0.15) is 18.3 Å². The molecule has 1 heterocycles. The van der Waals surface area contributed by atoms with Gasteiger partial charge in [0.05, 0.1) is 6.61 Å². The lowest BCUT2D eigenvalue weighted by atomic mass is 10.1. The molecule has 0 radical (unpaired) electrons. The first-order valence-corrected chi connectivity index (χ1v) is 4.12. The zero-order valence-corrected chi connectivity index (χ0v) is 7.54. The van der Waals surface area contributed by atoms with E-state index in [0.29, 0.717) is 0 Å². The van der Waals surface area contributed by atoms with Crippen LogP contribution in [0, 0.1) is 0 Å². The number of rotatable bonds is 1. The molecule has 1 rings (SSSR count). The normalized spacial score (nSPS) is 25.3. The van der Waals surface area contributed by atoms with Crippen LogP contribution in [0.3, 0.4) is 0 Å². The molecule has 15 heavy (non-hydrogen) atoms. The van der Waals surface area contributed by atoms with Crippen molar-refractivity contribution in [2.24, 2.45) is 5.10 Å². The number of alkyl halides is 3. The molecular formula is C7H9F3N2O3. The van der Waals surface area contributed by atoms with E-state index in [1.165, 1.54) is 0 Å². The molecule has 0 spiro atoms. The predicted molar refractivity (Wildman–Crippen MR) is 43.6 cm³/mol. The average molecular weight is 226 g/mol. The van der Waals surface area contributed by atoms with Gasteiger partial charge in [0.25, 0.3) is 0 Å². The Morgan fingerprint density at radius 3 is 2.80 bits per heavy atom. The molecule has 1 aliphatic heterocycles. The highest BCUT2D eigenvalue weighted by atomic mass is 19.4. The Kier molecular flexibility index (Phi) is 3.51. The van der Waals surface area contributed by atoms with E-state index in [1.54, 1.807) is 5.43 Å². The minimum absolute atomic E-state index is 0.107. The number of hydrogen-bond acceptors (Lipinski definition) is 3. The van der Waals surface area contributed by atoms with E-state index >= 15 is 0 Å². The molecule has 1 aliphatic rings. The minimum atomic E-state index is -4.44. The summed E-state index contributed by atoms with van der Waals surface area (Å²) in [5.41, 5.74) is 1.81. The van der Waals surface area contributed by atoms with Crippen molar-refractivity contribution in [3.05, 3.63) is 0 Å². The van der Waals surface area contributed by atoms with E-state index < -0.39 is 24.8 Å². The number of hydrazone groups is 1. The van der Waals surface area contributed by atoms with Gasteiger partial charge < -0.3 is 9.84 Å². The predicted octanol–water partition coefficient (Wildman–Crippen LogP) is 1.35. The fourth-order valence-corrected chi connectivity index (χ4v) is 1.13. The summed E-state index contributed by atoms with van der Waals surface area (Å²) in [7, 11) is 0. The van der Waals surface area contributed by atoms with Crippen LogP contribution in [0.1, 0.15) is 12.8 Å². The summed E-state index contributed by atoms with van der Waals surface area (Å²) in [4.78, 5) is 10.0. The van der Waals surface area contributed by atoms with Gasteiger partial charge in [0.1, 0.15) is 0 Å². The van der Waals surface area contributed by atoms with Gasteiger partial charge in [-0.15, -0.1) is 0 Å². The number of carboxylic acid groups (broad SMARTS) is 1. The topological polar surface area (TPSA) is 70.9 Å². The van der Waals surface area contributed by atoms with Crippen LogP contribution in [-0.4, -0.2) is 35.8 Å². The Bertz CT molecular complexity index is 277. The quantitative estimate of drug-likeness (QED) is 0.663. The number of nitrogens with zero attached hydrogens (tertiary/aromatic N) is 1. The molecule has 0 bridgehead atoms. The van der Waals surface area contributed by atoms with Crippen LogP contribution in [0.25, 0.3) is 0 Å². The van der Waals surface area contributed by atoms with Crippen molar-refractivity contribution in [2.75, 3.05) is 6.61 Å². The van der Waals surface area contributed by atoms with E-state index in [9.17, 15) is 18.0 Å². The lowest BCUT2D eigenvalue weighted by molar-refractivity contribution is -0.220.